The summed E-state index contributed by atoms with van der Waals surface area (Å²) in [5, 5.41) is 2.69. The number of hydrogen-bond donors (Lipinski definition) is 1. The van der Waals surface area contributed by atoms with Crippen LogP contribution in [0.1, 0.15) is 6.92 Å². The summed E-state index contributed by atoms with van der Waals surface area (Å²) in [5.41, 5.74) is 0.750. The van der Waals surface area contributed by atoms with Crippen LogP contribution in [0.15, 0.2) is 36.9 Å². The zero-order chi connectivity index (χ0) is 14.6. The Kier molecular flexibility index (Phi) is 8.10. The third kappa shape index (κ3) is 7.56. The van der Waals surface area contributed by atoms with Crippen LogP contribution in [0.25, 0.3) is 0 Å². The molecule has 20 heavy (non-hydrogen) atoms. The summed E-state index contributed by atoms with van der Waals surface area (Å²) in [6, 6.07) is 7.19. The van der Waals surface area contributed by atoms with E-state index in [1.54, 1.807) is 30.3 Å². The van der Waals surface area contributed by atoms with E-state index < -0.39 is 0 Å². The standard InChI is InChI=1S/C15H21NO4/c1-3-8-18-9-10-19-11-12-20-15-6-4-14(5-7-15)16-13(2)17/h3-7H,1,8-12H2,2H3,(H,16,17). The number of hydrogen-bond acceptors (Lipinski definition) is 4. The first-order chi connectivity index (χ1) is 9.72. The summed E-state index contributed by atoms with van der Waals surface area (Å²) < 4.78 is 16.0. The molecule has 1 aromatic rings. The highest BCUT2D eigenvalue weighted by Gasteiger charge is 1.97. The molecule has 0 aromatic heterocycles. The Balaban J connectivity index is 2.10. The molecule has 5 heteroatoms. The Morgan fingerprint density at radius 3 is 2.45 bits per heavy atom. The smallest absolute Gasteiger partial charge is 0.221 e. The maximum atomic E-state index is 10.9. The lowest BCUT2D eigenvalue weighted by Crippen LogP contribution is -2.11. The van der Waals surface area contributed by atoms with Crippen molar-refractivity contribution < 1.29 is 19.0 Å². The molecule has 0 saturated heterocycles. The molecule has 0 bridgehead atoms. The fourth-order valence-corrected chi connectivity index (χ4v) is 1.44. The first-order valence-corrected chi connectivity index (χ1v) is 6.49. The molecule has 110 valence electrons. The van der Waals surface area contributed by atoms with Crippen LogP contribution in [-0.2, 0) is 14.3 Å². The minimum absolute atomic E-state index is 0.0919. The number of nitrogens with one attached hydrogen (secondary N) is 1. The van der Waals surface area contributed by atoms with Crippen LogP contribution in [0.5, 0.6) is 5.75 Å². The van der Waals surface area contributed by atoms with Crippen LogP contribution in [0.2, 0.25) is 0 Å². The normalized spacial score (nSPS) is 10.1. The maximum Gasteiger partial charge on any atom is 0.221 e. The SMILES string of the molecule is C=CCOCCOCCOc1ccc(NC(C)=O)cc1. The third-order valence-electron chi connectivity index (χ3n) is 2.28. The second-order valence-electron chi connectivity index (χ2n) is 4.03. The van der Waals surface area contributed by atoms with Crippen molar-refractivity contribution in [3.63, 3.8) is 0 Å². The van der Waals surface area contributed by atoms with E-state index >= 15 is 0 Å². The predicted octanol–water partition coefficient (Wildman–Crippen LogP) is 2.24. The second-order valence-corrected chi connectivity index (χ2v) is 4.03. The minimum Gasteiger partial charge on any atom is -0.491 e. The van der Waals surface area contributed by atoms with Crippen molar-refractivity contribution in [1.29, 1.82) is 0 Å². The van der Waals surface area contributed by atoms with E-state index in [0.717, 1.165) is 11.4 Å². The van der Waals surface area contributed by atoms with E-state index in [4.69, 9.17) is 14.2 Å². The lowest BCUT2D eigenvalue weighted by atomic mass is 10.3. The fraction of sp³-hybridized carbons (Fsp3) is 0.400. The number of benzene rings is 1. The van der Waals surface area contributed by atoms with E-state index in [1.807, 2.05) is 0 Å². The summed E-state index contributed by atoms with van der Waals surface area (Å²) in [5.74, 6) is 0.649. The Bertz CT molecular complexity index is 403. The van der Waals surface area contributed by atoms with E-state index in [-0.39, 0.29) is 5.91 Å². The van der Waals surface area contributed by atoms with Gasteiger partial charge in [-0.15, -0.1) is 6.58 Å². The van der Waals surface area contributed by atoms with Crippen molar-refractivity contribution in [2.75, 3.05) is 38.4 Å². The molecule has 0 aliphatic rings. The second kappa shape index (κ2) is 10.00. The number of carbonyl (C=O) groups is 1. The monoisotopic (exact) mass is 279 g/mol. The van der Waals surface area contributed by atoms with Gasteiger partial charge in [0.15, 0.2) is 0 Å². The van der Waals surface area contributed by atoms with Gasteiger partial charge in [0, 0.05) is 12.6 Å². The average molecular weight is 279 g/mol. The molecule has 0 fully saturated rings. The molecule has 1 N–H and O–H groups in total. The van der Waals surface area contributed by atoms with Gasteiger partial charge < -0.3 is 19.5 Å². The highest BCUT2D eigenvalue weighted by Crippen LogP contribution is 2.15. The molecule has 1 aromatic carbocycles. The summed E-state index contributed by atoms with van der Waals surface area (Å²) in [6.07, 6.45) is 1.70. The molecule has 0 unspecified atom stereocenters. The van der Waals surface area contributed by atoms with Crippen molar-refractivity contribution in [3.8, 4) is 5.75 Å². The van der Waals surface area contributed by atoms with Crippen LogP contribution in [0.3, 0.4) is 0 Å². The molecule has 5 nitrogen and oxygen atoms in total. The Hall–Kier alpha value is -1.85. The van der Waals surface area contributed by atoms with Gasteiger partial charge in [-0.1, -0.05) is 6.08 Å². The van der Waals surface area contributed by atoms with Crippen LogP contribution in [0, 0.1) is 0 Å². The van der Waals surface area contributed by atoms with E-state index in [1.165, 1.54) is 6.92 Å². The number of ether oxygens (including phenoxy) is 3. The molecule has 1 amide bonds. The molecule has 0 aliphatic carbocycles. The topological polar surface area (TPSA) is 56.8 Å². The van der Waals surface area contributed by atoms with Gasteiger partial charge in [-0.2, -0.15) is 0 Å². The van der Waals surface area contributed by atoms with Crippen LogP contribution in [0.4, 0.5) is 5.69 Å². The minimum atomic E-state index is -0.0919. The molecular weight excluding hydrogens is 258 g/mol. The number of anilines is 1. The number of amides is 1. The highest BCUT2D eigenvalue weighted by atomic mass is 16.5. The zero-order valence-electron chi connectivity index (χ0n) is 11.8. The number of carbonyl (C=O) groups excluding carboxylic acids is 1. The highest BCUT2D eigenvalue weighted by molar-refractivity contribution is 5.88. The van der Waals surface area contributed by atoms with Gasteiger partial charge in [0.25, 0.3) is 0 Å². The molecular formula is C15H21NO4. The van der Waals surface area contributed by atoms with E-state index in [2.05, 4.69) is 11.9 Å². The third-order valence-corrected chi connectivity index (χ3v) is 2.28. The van der Waals surface area contributed by atoms with Crippen molar-refractivity contribution in [1.82, 2.24) is 0 Å². The Labute approximate surface area is 119 Å². The van der Waals surface area contributed by atoms with Crippen molar-refractivity contribution in [3.05, 3.63) is 36.9 Å². The van der Waals surface area contributed by atoms with Crippen LogP contribution < -0.4 is 10.1 Å². The molecule has 0 aliphatic heterocycles. The Morgan fingerprint density at radius 2 is 1.80 bits per heavy atom. The van der Waals surface area contributed by atoms with Gasteiger partial charge in [0.2, 0.25) is 5.91 Å². The van der Waals surface area contributed by atoms with Gasteiger partial charge in [-0.05, 0) is 24.3 Å². The lowest BCUT2D eigenvalue weighted by molar-refractivity contribution is -0.114. The molecule has 0 atom stereocenters. The molecule has 1 rings (SSSR count). The summed E-state index contributed by atoms with van der Waals surface area (Å²) in [4.78, 5) is 10.9. The Morgan fingerprint density at radius 1 is 1.15 bits per heavy atom. The molecule has 0 saturated carbocycles. The molecule has 0 heterocycles. The summed E-state index contributed by atoms with van der Waals surface area (Å²) >= 11 is 0. The van der Waals surface area contributed by atoms with E-state index in [9.17, 15) is 4.79 Å². The number of rotatable bonds is 10. The van der Waals surface area contributed by atoms with Crippen LogP contribution in [-0.4, -0.2) is 38.9 Å². The van der Waals surface area contributed by atoms with Crippen molar-refractivity contribution in [2.24, 2.45) is 0 Å². The molecule has 0 spiro atoms. The molecule has 0 radical (unpaired) electrons. The van der Waals surface area contributed by atoms with Crippen LogP contribution >= 0.6 is 0 Å². The van der Waals surface area contributed by atoms with Crippen molar-refractivity contribution in [2.45, 2.75) is 6.92 Å². The van der Waals surface area contributed by atoms with Crippen molar-refractivity contribution >= 4 is 11.6 Å². The summed E-state index contributed by atoms with van der Waals surface area (Å²) in [7, 11) is 0. The fourth-order valence-electron chi connectivity index (χ4n) is 1.44. The maximum absolute atomic E-state index is 10.9. The van der Waals surface area contributed by atoms with Gasteiger partial charge >= 0.3 is 0 Å². The lowest BCUT2D eigenvalue weighted by Gasteiger charge is -2.08. The predicted molar refractivity (Wildman–Crippen MR) is 78.1 cm³/mol. The van der Waals surface area contributed by atoms with Gasteiger partial charge in [-0.25, -0.2) is 0 Å². The largest absolute Gasteiger partial charge is 0.491 e. The average Bonchev–Trinajstić information content (AvgIpc) is 2.43. The summed E-state index contributed by atoms with van der Waals surface area (Å²) in [6.45, 7) is 7.64. The van der Waals surface area contributed by atoms with Gasteiger partial charge in [0.05, 0.1) is 26.4 Å². The zero-order valence-corrected chi connectivity index (χ0v) is 11.8. The quantitative estimate of drug-likeness (QED) is 0.527. The first kappa shape index (κ1) is 16.2. The first-order valence-electron chi connectivity index (χ1n) is 6.49. The van der Waals surface area contributed by atoms with Gasteiger partial charge in [-0.3, -0.25) is 4.79 Å². The van der Waals surface area contributed by atoms with E-state index in [0.29, 0.717) is 33.0 Å². The van der Waals surface area contributed by atoms with Gasteiger partial charge in [0.1, 0.15) is 12.4 Å².